The zero-order valence-corrected chi connectivity index (χ0v) is 14.3. The molecular weight excluding hydrogens is 378 g/mol. The first-order valence-corrected chi connectivity index (χ1v) is 7.68. The number of hydrogen-bond acceptors (Lipinski definition) is 4. The molecule has 0 spiro atoms. The van der Waals surface area contributed by atoms with Crippen LogP contribution >= 0.6 is 31.9 Å². The van der Waals surface area contributed by atoms with Crippen molar-refractivity contribution >= 4 is 31.9 Å². The van der Waals surface area contributed by atoms with Crippen LogP contribution in [0.3, 0.4) is 0 Å². The largest absolute Gasteiger partial charge is 0.496 e. The van der Waals surface area contributed by atoms with E-state index in [2.05, 4.69) is 31.9 Å². The zero-order chi connectivity index (χ0) is 14.3. The van der Waals surface area contributed by atoms with Crippen LogP contribution in [0.5, 0.6) is 11.5 Å². The Morgan fingerprint density at radius 2 is 1.84 bits per heavy atom. The lowest BCUT2D eigenvalue weighted by Crippen LogP contribution is -2.25. The molecule has 0 aliphatic heterocycles. The van der Waals surface area contributed by atoms with E-state index in [0.29, 0.717) is 19.8 Å². The van der Waals surface area contributed by atoms with Crippen molar-refractivity contribution in [3.05, 3.63) is 21.1 Å². The van der Waals surface area contributed by atoms with Crippen molar-refractivity contribution in [2.45, 2.75) is 19.4 Å². The Hall–Kier alpha value is -0.300. The molecule has 1 atom stereocenters. The lowest BCUT2D eigenvalue weighted by atomic mass is 10.2. The Kier molecular flexibility index (Phi) is 7.75. The van der Waals surface area contributed by atoms with E-state index in [-0.39, 0.29) is 6.10 Å². The van der Waals surface area contributed by atoms with Crippen molar-refractivity contribution in [3.63, 3.8) is 0 Å². The predicted octanol–water partition coefficient (Wildman–Crippen LogP) is 3.35. The molecule has 0 aliphatic carbocycles. The first kappa shape index (κ1) is 16.8. The summed E-state index contributed by atoms with van der Waals surface area (Å²) in [5.74, 6) is 1.52. The van der Waals surface area contributed by atoms with Crippen molar-refractivity contribution in [1.82, 2.24) is 0 Å². The molecule has 0 saturated heterocycles. The van der Waals surface area contributed by atoms with Gasteiger partial charge in [0.15, 0.2) is 0 Å². The molecule has 0 fully saturated rings. The quantitative estimate of drug-likeness (QED) is 0.731. The van der Waals surface area contributed by atoms with Gasteiger partial charge in [-0.15, -0.1) is 0 Å². The Bertz CT molecular complexity index is 402. The van der Waals surface area contributed by atoms with Gasteiger partial charge in [0.2, 0.25) is 0 Å². The third-order valence-electron chi connectivity index (χ3n) is 2.57. The fourth-order valence-electron chi connectivity index (χ4n) is 1.58. The molecule has 0 saturated carbocycles. The third-order valence-corrected chi connectivity index (χ3v) is 3.81. The maximum absolute atomic E-state index is 5.73. The second kappa shape index (κ2) is 8.79. The predicted molar refractivity (Wildman–Crippen MR) is 83.0 cm³/mol. The van der Waals surface area contributed by atoms with E-state index < -0.39 is 0 Å². The van der Waals surface area contributed by atoms with Gasteiger partial charge in [-0.25, -0.2) is 0 Å². The van der Waals surface area contributed by atoms with Gasteiger partial charge >= 0.3 is 0 Å². The zero-order valence-electron chi connectivity index (χ0n) is 11.1. The average molecular weight is 397 g/mol. The minimum atomic E-state index is 0.0467. The summed E-state index contributed by atoms with van der Waals surface area (Å²) in [5.41, 5.74) is 5.62. The van der Waals surface area contributed by atoms with Gasteiger partial charge in [0.05, 0.1) is 28.8 Å². The molecule has 19 heavy (non-hydrogen) atoms. The summed E-state index contributed by atoms with van der Waals surface area (Å²) < 4.78 is 18.1. The van der Waals surface area contributed by atoms with Gasteiger partial charge in [0, 0.05) is 19.6 Å². The third kappa shape index (κ3) is 5.30. The Morgan fingerprint density at radius 3 is 2.42 bits per heavy atom. The number of halogens is 2. The number of benzene rings is 1. The molecule has 6 heteroatoms. The van der Waals surface area contributed by atoms with Crippen molar-refractivity contribution in [1.29, 1.82) is 0 Å². The fraction of sp³-hybridized carbons (Fsp3) is 0.538. The number of rotatable bonds is 8. The van der Waals surface area contributed by atoms with Gasteiger partial charge in [-0.05, 0) is 50.9 Å². The Labute approximate surface area is 130 Å². The number of hydrogen-bond donors (Lipinski definition) is 1. The second-order valence-corrected chi connectivity index (χ2v) is 5.58. The van der Waals surface area contributed by atoms with Gasteiger partial charge in [-0.2, -0.15) is 0 Å². The first-order valence-electron chi connectivity index (χ1n) is 6.09. The number of methoxy groups -OCH3 is 1. The maximum Gasteiger partial charge on any atom is 0.134 e. The summed E-state index contributed by atoms with van der Waals surface area (Å²) >= 11 is 6.89. The molecule has 1 aromatic rings. The van der Waals surface area contributed by atoms with Gasteiger partial charge in [-0.3, -0.25) is 0 Å². The fourth-order valence-corrected chi connectivity index (χ4v) is 2.50. The molecule has 0 aromatic heterocycles. The van der Waals surface area contributed by atoms with E-state index >= 15 is 0 Å². The van der Waals surface area contributed by atoms with E-state index in [1.54, 1.807) is 7.11 Å². The van der Waals surface area contributed by atoms with Crippen LogP contribution in [0, 0.1) is 0 Å². The lowest BCUT2D eigenvalue weighted by molar-refractivity contribution is 0.0526. The lowest BCUT2D eigenvalue weighted by Gasteiger charge is -2.16. The summed E-state index contributed by atoms with van der Waals surface area (Å²) in [7, 11) is 1.63. The molecule has 1 aromatic carbocycles. The van der Waals surface area contributed by atoms with Crippen LogP contribution in [0.15, 0.2) is 21.1 Å². The molecule has 2 N–H and O–H groups in total. The van der Waals surface area contributed by atoms with Crippen molar-refractivity contribution < 1.29 is 14.2 Å². The highest BCUT2D eigenvalue weighted by Gasteiger charge is 2.10. The normalized spacial score (nSPS) is 12.3. The van der Waals surface area contributed by atoms with Crippen LogP contribution in [-0.2, 0) is 4.74 Å². The summed E-state index contributed by atoms with van der Waals surface area (Å²) in [6.45, 7) is 3.68. The summed E-state index contributed by atoms with van der Waals surface area (Å²) in [6, 6.07) is 3.74. The highest BCUT2D eigenvalue weighted by molar-refractivity contribution is 9.11. The highest BCUT2D eigenvalue weighted by atomic mass is 79.9. The van der Waals surface area contributed by atoms with Crippen LogP contribution < -0.4 is 15.2 Å². The van der Waals surface area contributed by atoms with Crippen LogP contribution in [0.1, 0.15) is 13.3 Å². The molecule has 0 amide bonds. The van der Waals surface area contributed by atoms with Gasteiger partial charge in [-0.1, -0.05) is 0 Å². The minimum Gasteiger partial charge on any atom is -0.496 e. The Balaban J connectivity index is 2.56. The molecular formula is C13H19Br2NO3. The smallest absolute Gasteiger partial charge is 0.134 e. The standard InChI is InChI=1S/C13H19Br2NO3/c1-3-18-9(8-16)4-5-19-13-7-10(14)12(17-2)6-11(13)15/h6-7,9H,3-5,8,16H2,1-2H3. The number of nitrogens with two attached hydrogens (primary N) is 1. The Morgan fingerprint density at radius 1 is 1.21 bits per heavy atom. The second-order valence-electron chi connectivity index (χ2n) is 3.87. The molecule has 0 heterocycles. The topological polar surface area (TPSA) is 53.7 Å². The minimum absolute atomic E-state index is 0.0467. The van der Waals surface area contributed by atoms with Gasteiger partial charge in [0.1, 0.15) is 11.5 Å². The molecule has 0 bridgehead atoms. The van der Waals surface area contributed by atoms with Crippen LogP contribution in [0.2, 0.25) is 0 Å². The van der Waals surface area contributed by atoms with Crippen LogP contribution in [0.4, 0.5) is 0 Å². The summed E-state index contributed by atoms with van der Waals surface area (Å²) in [6.07, 6.45) is 0.811. The van der Waals surface area contributed by atoms with Crippen LogP contribution in [0.25, 0.3) is 0 Å². The summed E-state index contributed by atoms with van der Waals surface area (Å²) in [5, 5.41) is 0. The first-order chi connectivity index (χ1) is 9.12. The van der Waals surface area contributed by atoms with E-state index in [4.69, 9.17) is 19.9 Å². The monoisotopic (exact) mass is 395 g/mol. The van der Waals surface area contributed by atoms with E-state index in [0.717, 1.165) is 26.9 Å². The molecule has 4 nitrogen and oxygen atoms in total. The van der Waals surface area contributed by atoms with Gasteiger partial charge in [0.25, 0.3) is 0 Å². The van der Waals surface area contributed by atoms with Gasteiger partial charge < -0.3 is 19.9 Å². The molecule has 1 unspecified atom stereocenters. The SMILES string of the molecule is CCOC(CN)CCOc1cc(Br)c(OC)cc1Br. The van der Waals surface area contributed by atoms with E-state index in [9.17, 15) is 0 Å². The molecule has 0 radical (unpaired) electrons. The average Bonchev–Trinajstić information content (AvgIpc) is 2.41. The van der Waals surface area contributed by atoms with E-state index in [1.165, 1.54) is 0 Å². The van der Waals surface area contributed by atoms with E-state index in [1.807, 2.05) is 19.1 Å². The van der Waals surface area contributed by atoms with Crippen molar-refractivity contribution in [3.8, 4) is 11.5 Å². The summed E-state index contributed by atoms with van der Waals surface area (Å²) in [4.78, 5) is 0. The molecule has 1 rings (SSSR count). The van der Waals surface area contributed by atoms with Crippen molar-refractivity contribution in [2.24, 2.45) is 5.73 Å². The van der Waals surface area contributed by atoms with Crippen molar-refractivity contribution in [2.75, 3.05) is 26.9 Å². The molecule has 0 aliphatic rings. The maximum atomic E-state index is 5.73. The highest BCUT2D eigenvalue weighted by Crippen LogP contribution is 2.36. The molecule has 108 valence electrons. The van der Waals surface area contributed by atoms with Crippen LogP contribution in [-0.4, -0.2) is 33.0 Å². The number of ether oxygens (including phenoxy) is 3.